The average molecular weight is 449 g/mol. The van der Waals surface area contributed by atoms with E-state index in [9.17, 15) is 13.6 Å². The lowest BCUT2D eigenvalue weighted by Gasteiger charge is -2.18. The summed E-state index contributed by atoms with van der Waals surface area (Å²) in [6, 6.07) is 12.3. The van der Waals surface area contributed by atoms with Gasteiger partial charge in [-0.15, -0.1) is 0 Å². The van der Waals surface area contributed by atoms with Crippen LogP contribution in [0, 0.1) is 11.6 Å². The number of hydrogen-bond acceptors (Lipinski definition) is 4. The Kier molecular flexibility index (Phi) is 4.75. The van der Waals surface area contributed by atoms with E-state index in [2.05, 4.69) is 20.9 Å². The molecule has 0 fully saturated rings. The van der Waals surface area contributed by atoms with E-state index in [0.717, 1.165) is 21.9 Å². The van der Waals surface area contributed by atoms with E-state index in [1.807, 2.05) is 0 Å². The number of benzene rings is 2. The fraction of sp³-hybridized carbons (Fsp3) is 0.0526. The number of nitrogens with zero attached hydrogens (tertiary/aromatic N) is 2. The smallest absolute Gasteiger partial charge is 0.260 e. The quantitative estimate of drug-likeness (QED) is 0.397. The highest BCUT2D eigenvalue weighted by molar-refractivity contribution is 9.10. The van der Waals surface area contributed by atoms with Gasteiger partial charge in [0.2, 0.25) is 0 Å². The van der Waals surface area contributed by atoms with Crippen LogP contribution in [0.1, 0.15) is 16.1 Å². The Morgan fingerprint density at radius 3 is 2.67 bits per heavy atom. The fourth-order valence-electron chi connectivity index (χ4n) is 2.59. The van der Waals surface area contributed by atoms with Crippen LogP contribution >= 0.6 is 27.3 Å². The van der Waals surface area contributed by atoms with E-state index >= 15 is 0 Å². The van der Waals surface area contributed by atoms with Crippen molar-refractivity contribution in [2.24, 2.45) is 0 Å². The Morgan fingerprint density at radius 2 is 1.96 bits per heavy atom. The van der Waals surface area contributed by atoms with E-state index in [1.54, 1.807) is 36.4 Å². The highest BCUT2D eigenvalue weighted by Crippen LogP contribution is 2.33. The van der Waals surface area contributed by atoms with Gasteiger partial charge in [0.25, 0.3) is 5.91 Å². The second-order valence-electron chi connectivity index (χ2n) is 5.71. The number of halogens is 3. The Bertz CT molecular complexity index is 1110. The number of fused-ring (bicyclic) bond motifs is 1. The predicted molar refractivity (Wildman–Crippen MR) is 103 cm³/mol. The molecule has 0 unspecified atom stereocenters. The topological polar surface area (TPSA) is 46.3 Å². The first kappa shape index (κ1) is 17.8. The highest BCUT2D eigenvalue weighted by atomic mass is 79.9. The lowest BCUT2D eigenvalue weighted by Crippen LogP contribution is -2.30. The molecule has 0 aliphatic carbocycles. The molecule has 27 heavy (non-hydrogen) atoms. The lowest BCUT2D eigenvalue weighted by atomic mass is 10.2. The number of furan rings is 1. The van der Waals surface area contributed by atoms with E-state index in [0.29, 0.717) is 16.0 Å². The molecule has 4 nitrogen and oxygen atoms in total. The number of aromatic nitrogens is 1. The van der Waals surface area contributed by atoms with Crippen LogP contribution in [0.4, 0.5) is 13.9 Å². The number of carbonyl (C=O) groups excluding carboxylic acids is 1. The molecule has 2 aromatic heterocycles. The highest BCUT2D eigenvalue weighted by Gasteiger charge is 2.23. The minimum atomic E-state index is -0.762. The molecule has 2 heterocycles. The summed E-state index contributed by atoms with van der Waals surface area (Å²) >= 11 is 4.38. The molecule has 0 N–H and O–H groups in total. The molecule has 0 radical (unpaired) electrons. The van der Waals surface area contributed by atoms with Crippen molar-refractivity contribution in [2.75, 3.05) is 4.90 Å². The fourth-order valence-corrected chi connectivity index (χ4v) is 3.86. The predicted octanol–water partition coefficient (Wildman–Crippen LogP) is 5.78. The first-order chi connectivity index (χ1) is 13.0. The summed E-state index contributed by atoms with van der Waals surface area (Å²) < 4.78 is 34.1. The Balaban J connectivity index is 1.79. The van der Waals surface area contributed by atoms with Crippen molar-refractivity contribution in [3.8, 4) is 0 Å². The lowest BCUT2D eigenvalue weighted by molar-refractivity contribution is 0.0983. The maximum atomic E-state index is 14.0. The van der Waals surface area contributed by atoms with Gasteiger partial charge in [-0.25, -0.2) is 13.8 Å². The molecule has 2 aromatic carbocycles. The molecule has 0 aliphatic heterocycles. The van der Waals surface area contributed by atoms with Gasteiger partial charge >= 0.3 is 0 Å². The van der Waals surface area contributed by atoms with Crippen LogP contribution in [-0.2, 0) is 6.54 Å². The normalized spacial score (nSPS) is 11.1. The summed E-state index contributed by atoms with van der Waals surface area (Å²) in [5.74, 6) is -1.22. The van der Waals surface area contributed by atoms with Gasteiger partial charge in [0, 0.05) is 16.1 Å². The number of thiazole rings is 1. The molecule has 0 saturated carbocycles. The number of hydrogen-bond donors (Lipinski definition) is 0. The molecule has 8 heteroatoms. The Hall–Kier alpha value is -2.58. The van der Waals surface area contributed by atoms with Crippen LogP contribution in [0.15, 0.2) is 63.7 Å². The maximum absolute atomic E-state index is 14.0. The van der Waals surface area contributed by atoms with E-state index in [4.69, 9.17) is 4.42 Å². The third-order valence-corrected chi connectivity index (χ3v) is 5.42. The number of anilines is 1. The maximum Gasteiger partial charge on any atom is 0.260 e. The molecule has 4 aromatic rings. The van der Waals surface area contributed by atoms with Crippen molar-refractivity contribution < 1.29 is 18.0 Å². The first-order valence-electron chi connectivity index (χ1n) is 7.86. The largest absolute Gasteiger partial charge is 0.467 e. The second-order valence-corrected chi connectivity index (χ2v) is 7.63. The van der Waals surface area contributed by atoms with E-state index < -0.39 is 11.6 Å². The minimum Gasteiger partial charge on any atom is -0.467 e. The van der Waals surface area contributed by atoms with E-state index in [-0.39, 0.29) is 23.1 Å². The summed E-state index contributed by atoms with van der Waals surface area (Å²) in [4.78, 5) is 18.7. The summed E-state index contributed by atoms with van der Waals surface area (Å²) in [5.41, 5.74) is 0.472. The molecule has 0 bridgehead atoms. The van der Waals surface area contributed by atoms with Crippen LogP contribution in [0.5, 0.6) is 0 Å². The van der Waals surface area contributed by atoms with Crippen molar-refractivity contribution in [1.29, 1.82) is 0 Å². The van der Waals surface area contributed by atoms with Crippen molar-refractivity contribution in [2.45, 2.75) is 6.54 Å². The van der Waals surface area contributed by atoms with Crippen LogP contribution in [0.2, 0.25) is 0 Å². The van der Waals surface area contributed by atoms with Crippen molar-refractivity contribution in [1.82, 2.24) is 4.98 Å². The van der Waals surface area contributed by atoms with Crippen molar-refractivity contribution in [3.05, 3.63) is 82.2 Å². The van der Waals surface area contributed by atoms with Crippen LogP contribution in [0.25, 0.3) is 10.2 Å². The van der Waals surface area contributed by atoms with E-state index in [1.165, 1.54) is 17.2 Å². The first-order valence-corrected chi connectivity index (χ1v) is 9.47. The van der Waals surface area contributed by atoms with Crippen molar-refractivity contribution in [3.63, 3.8) is 0 Å². The molecule has 0 atom stereocenters. The third kappa shape index (κ3) is 3.63. The Labute approximate surface area is 165 Å². The Morgan fingerprint density at radius 1 is 1.19 bits per heavy atom. The van der Waals surface area contributed by atoms with Gasteiger partial charge < -0.3 is 4.42 Å². The number of rotatable bonds is 4. The summed E-state index contributed by atoms with van der Waals surface area (Å²) in [6.45, 7) is 0.117. The van der Waals surface area contributed by atoms with Gasteiger partial charge in [-0.05, 0) is 42.5 Å². The second kappa shape index (κ2) is 7.21. The van der Waals surface area contributed by atoms with Crippen LogP contribution < -0.4 is 4.90 Å². The molecular formula is C19H11BrF2N2O2S. The van der Waals surface area contributed by atoms with Crippen LogP contribution in [-0.4, -0.2) is 10.9 Å². The summed E-state index contributed by atoms with van der Waals surface area (Å²) in [7, 11) is 0. The average Bonchev–Trinajstić information content (AvgIpc) is 3.29. The van der Waals surface area contributed by atoms with Gasteiger partial charge in [-0.1, -0.05) is 27.3 Å². The molecule has 1 amide bonds. The monoisotopic (exact) mass is 448 g/mol. The van der Waals surface area contributed by atoms with Gasteiger partial charge in [-0.3, -0.25) is 9.69 Å². The van der Waals surface area contributed by atoms with Crippen LogP contribution in [0.3, 0.4) is 0 Å². The zero-order valence-electron chi connectivity index (χ0n) is 13.7. The SMILES string of the molecule is O=C(c1ccc(Br)cc1)N(Cc1ccco1)c1nc2c(F)cc(F)cc2s1. The van der Waals surface area contributed by atoms with Crippen molar-refractivity contribution >= 4 is 48.5 Å². The van der Waals surface area contributed by atoms with Gasteiger partial charge in [0.15, 0.2) is 10.9 Å². The summed E-state index contributed by atoms with van der Waals surface area (Å²) in [5, 5.41) is 0.263. The summed E-state index contributed by atoms with van der Waals surface area (Å²) in [6.07, 6.45) is 1.50. The third-order valence-electron chi connectivity index (χ3n) is 3.86. The molecule has 0 saturated heterocycles. The number of carbonyl (C=O) groups is 1. The molecule has 4 rings (SSSR count). The van der Waals surface area contributed by atoms with Gasteiger partial charge in [0.1, 0.15) is 17.1 Å². The minimum absolute atomic E-state index is 0.0319. The van der Waals surface area contributed by atoms with Gasteiger partial charge in [0.05, 0.1) is 17.5 Å². The molecule has 0 aliphatic rings. The van der Waals surface area contributed by atoms with Gasteiger partial charge in [-0.2, -0.15) is 0 Å². The number of amides is 1. The molecule has 0 spiro atoms. The molecular weight excluding hydrogens is 438 g/mol. The zero-order valence-corrected chi connectivity index (χ0v) is 16.1. The molecule has 136 valence electrons. The zero-order chi connectivity index (χ0) is 19.0. The standard InChI is InChI=1S/C19H11BrF2N2O2S/c20-12-5-3-11(4-6-12)18(25)24(10-14-2-1-7-26-14)19-23-17-15(22)8-13(21)9-16(17)27-19/h1-9H,10H2.